The smallest absolute Gasteiger partial charge is 0.238 e. The van der Waals surface area contributed by atoms with Gasteiger partial charge in [-0.15, -0.1) is 0 Å². The fraction of sp³-hybridized carbons (Fsp3) is 0. The lowest BCUT2D eigenvalue weighted by Gasteiger charge is -2.13. The number of fused-ring (bicyclic) bond motifs is 7. The average Bonchev–Trinajstić information content (AvgIpc) is 3.80. The van der Waals surface area contributed by atoms with Gasteiger partial charge in [0, 0.05) is 44.6 Å². The van der Waals surface area contributed by atoms with Crippen LogP contribution >= 0.6 is 0 Å². The lowest BCUT2D eigenvalue weighted by atomic mass is 10.0. The van der Waals surface area contributed by atoms with E-state index in [0.29, 0.717) is 17.6 Å². The standard InChI is InChI=1S/C50H32N6/c1-5-15-33(16-6-1)36-21-13-22-38(31-36)48-52-47(35-19-9-3-10-20-35)53-50(54-48)56-44-29-26-37(34-17-7-2-8-18-34)32-43(44)41-28-27-40-42-25-14-30-51-49(42)55(45(40)46(41)56)39-23-11-4-12-24-39/h1-32H. The summed E-state index contributed by atoms with van der Waals surface area (Å²) in [4.78, 5) is 20.8. The molecule has 0 atom stereocenters. The van der Waals surface area contributed by atoms with Crippen molar-refractivity contribution in [1.82, 2.24) is 29.1 Å². The lowest BCUT2D eigenvalue weighted by molar-refractivity contribution is 0.953. The Morgan fingerprint density at radius 3 is 1.59 bits per heavy atom. The average molecular weight is 717 g/mol. The van der Waals surface area contributed by atoms with Gasteiger partial charge in [-0.05, 0) is 64.7 Å². The molecule has 0 amide bonds. The summed E-state index contributed by atoms with van der Waals surface area (Å²) < 4.78 is 4.52. The molecule has 7 aromatic carbocycles. The predicted octanol–water partition coefficient (Wildman–Crippen LogP) is 12.1. The zero-order valence-corrected chi connectivity index (χ0v) is 30.2. The van der Waals surface area contributed by atoms with Crippen LogP contribution in [0.2, 0.25) is 0 Å². The van der Waals surface area contributed by atoms with Gasteiger partial charge in [0.05, 0.1) is 16.6 Å². The second-order valence-electron chi connectivity index (χ2n) is 13.9. The number of aromatic nitrogens is 6. The Balaban J connectivity index is 1.27. The maximum Gasteiger partial charge on any atom is 0.238 e. The van der Waals surface area contributed by atoms with Gasteiger partial charge in [0.15, 0.2) is 11.6 Å². The summed E-state index contributed by atoms with van der Waals surface area (Å²) in [5, 5.41) is 4.38. The third-order valence-electron chi connectivity index (χ3n) is 10.6. The molecule has 6 heteroatoms. The van der Waals surface area contributed by atoms with Crippen LogP contribution in [0.25, 0.3) is 100 Å². The van der Waals surface area contributed by atoms with Crippen LogP contribution in [0.15, 0.2) is 194 Å². The number of rotatable bonds is 6. The third kappa shape index (κ3) is 5.19. The van der Waals surface area contributed by atoms with Gasteiger partial charge < -0.3 is 0 Å². The third-order valence-corrected chi connectivity index (χ3v) is 10.6. The molecule has 0 fully saturated rings. The molecule has 11 aromatic rings. The normalized spacial score (nSPS) is 11.6. The second-order valence-corrected chi connectivity index (χ2v) is 13.9. The van der Waals surface area contributed by atoms with Crippen LogP contribution in [0.3, 0.4) is 0 Å². The molecule has 0 saturated carbocycles. The summed E-state index contributed by atoms with van der Waals surface area (Å²) in [7, 11) is 0. The summed E-state index contributed by atoms with van der Waals surface area (Å²) in [6.45, 7) is 0. The summed E-state index contributed by atoms with van der Waals surface area (Å²) in [6.07, 6.45) is 1.87. The molecule has 11 rings (SSSR count). The van der Waals surface area contributed by atoms with Crippen molar-refractivity contribution < 1.29 is 0 Å². The van der Waals surface area contributed by atoms with Gasteiger partial charge in [-0.25, -0.2) is 9.97 Å². The van der Waals surface area contributed by atoms with E-state index in [-0.39, 0.29) is 0 Å². The van der Waals surface area contributed by atoms with E-state index >= 15 is 0 Å². The first-order valence-electron chi connectivity index (χ1n) is 18.7. The first-order valence-corrected chi connectivity index (χ1v) is 18.7. The van der Waals surface area contributed by atoms with E-state index in [4.69, 9.17) is 19.9 Å². The van der Waals surface area contributed by atoms with E-state index < -0.39 is 0 Å². The van der Waals surface area contributed by atoms with Gasteiger partial charge in [0.1, 0.15) is 5.65 Å². The van der Waals surface area contributed by atoms with Crippen LogP contribution in [0.4, 0.5) is 0 Å². The molecule has 4 heterocycles. The van der Waals surface area contributed by atoms with Crippen molar-refractivity contribution in [3.8, 4) is 56.7 Å². The molecular formula is C50H32N6. The van der Waals surface area contributed by atoms with Gasteiger partial charge in [-0.2, -0.15) is 9.97 Å². The minimum absolute atomic E-state index is 0.539. The molecule has 0 radical (unpaired) electrons. The molecule has 6 nitrogen and oxygen atoms in total. The highest BCUT2D eigenvalue weighted by Crippen LogP contribution is 2.42. The highest BCUT2D eigenvalue weighted by molar-refractivity contribution is 6.23. The minimum Gasteiger partial charge on any atom is -0.292 e. The highest BCUT2D eigenvalue weighted by Gasteiger charge is 2.24. The Labute approximate surface area is 322 Å². The molecule has 56 heavy (non-hydrogen) atoms. The minimum atomic E-state index is 0.539. The zero-order valence-electron chi connectivity index (χ0n) is 30.2. The van der Waals surface area contributed by atoms with Crippen LogP contribution in [0.5, 0.6) is 0 Å². The van der Waals surface area contributed by atoms with Crippen LogP contribution in [0.1, 0.15) is 0 Å². The number of benzene rings is 7. The van der Waals surface area contributed by atoms with Gasteiger partial charge in [-0.3, -0.25) is 9.13 Å². The van der Waals surface area contributed by atoms with Gasteiger partial charge in [0.2, 0.25) is 5.95 Å². The lowest BCUT2D eigenvalue weighted by Crippen LogP contribution is -2.07. The van der Waals surface area contributed by atoms with Crippen LogP contribution < -0.4 is 0 Å². The van der Waals surface area contributed by atoms with Crippen molar-refractivity contribution in [2.75, 3.05) is 0 Å². The van der Waals surface area contributed by atoms with Crippen LogP contribution in [-0.4, -0.2) is 29.1 Å². The predicted molar refractivity (Wildman–Crippen MR) is 228 cm³/mol. The number of pyridine rings is 1. The van der Waals surface area contributed by atoms with Crippen molar-refractivity contribution in [3.05, 3.63) is 194 Å². The van der Waals surface area contributed by atoms with Crippen molar-refractivity contribution in [2.45, 2.75) is 0 Å². The SMILES string of the molecule is c1ccc(-c2cccc(-c3nc(-c4ccccc4)nc(-n4c5ccc(-c6ccccc6)cc5c5ccc6c7cccnc7n(-c7ccccc7)c6c54)n3)c2)cc1. The summed E-state index contributed by atoms with van der Waals surface area (Å²) in [5.74, 6) is 1.74. The second kappa shape index (κ2) is 13.0. The van der Waals surface area contributed by atoms with Crippen LogP contribution in [0, 0.1) is 0 Å². The molecule has 0 unspecified atom stereocenters. The first-order chi connectivity index (χ1) is 27.8. The largest absolute Gasteiger partial charge is 0.292 e. The van der Waals surface area contributed by atoms with E-state index in [1.54, 1.807) is 0 Å². The molecule has 0 aliphatic carbocycles. The molecule has 0 aliphatic heterocycles. The molecule has 262 valence electrons. The Hall–Kier alpha value is -7.70. The Morgan fingerprint density at radius 2 is 0.893 bits per heavy atom. The number of nitrogens with zero attached hydrogens (tertiary/aromatic N) is 6. The Morgan fingerprint density at radius 1 is 0.339 bits per heavy atom. The molecule has 0 aliphatic rings. The number of hydrogen-bond acceptors (Lipinski definition) is 4. The van der Waals surface area contributed by atoms with E-state index in [1.807, 2.05) is 42.6 Å². The van der Waals surface area contributed by atoms with Crippen molar-refractivity contribution in [3.63, 3.8) is 0 Å². The molecule has 0 N–H and O–H groups in total. The molecule has 0 saturated heterocycles. The topological polar surface area (TPSA) is 61.4 Å². The fourth-order valence-electron chi connectivity index (χ4n) is 8.05. The molecule has 0 bridgehead atoms. The van der Waals surface area contributed by atoms with Gasteiger partial charge >= 0.3 is 0 Å². The Bertz CT molecular complexity index is 3220. The van der Waals surface area contributed by atoms with Crippen LogP contribution in [-0.2, 0) is 0 Å². The molecular weight excluding hydrogens is 685 g/mol. The fourth-order valence-corrected chi connectivity index (χ4v) is 8.05. The summed E-state index contributed by atoms with van der Waals surface area (Å²) in [6, 6.07) is 65.4. The monoisotopic (exact) mass is 716 g/mol. The maximum atomic E-state index is 5.37. The summed E-state index contributed by atoms with van der Waals surface area (Å²) >= 11 is 0. The Kier molecular flexibility index (Phi) is 7.38. The van der Waals surface area contributed by atoms with E-state index in [0.717, 1.165) is 82.8 Å². The van der Waals surface area contributed by atoms with E-state index in [9.17, 15) is 0 Å². The molecule has 0 spiro atoms. The van der Waals surface area contributed by atoms with Gasteiger partial charge in [-0.1, -0.05) is 146 Å². The van der Waals surface area contributed by atoms with Crippen molar-refractivity contribution in [2.24, 2.45) is 0 Å². The first kappa shape index (κ1) is 31.8. The quantitative estimate of drug-likeness (QED) is 0.172. The zero-order chi connectivity index (χ0) is 37.0. The number of para-hydroxylation sites is 1. The summed E-state index contributed by atoms with van der Waals surface area (Å²) in [5.41, 5.74) is 11.3. The van der Waals surface area contributed by atoms with Gasteiger partial charge in [0.25, 0.3) is 0 Å². The van der Waals surface area contributed by atoms with Crippen molar-refractivity contribution >= 4 is 43.7 Å². The number of hydrogen-bond donors (Lipinski definition) is 0. The van der Waals surface area contributed by atoms with E-state index in [1.165, 1.54) is 0 Å². The van der Waals surface area contributed by atoms with Crippen molar-refractivity contribution in [1.29, 1.82) is 0 Å². The maximum absolute atomic E-state index is 5.37. The molecule has 4 aromatic heterocycles. The highest BCUT2D eigenvalue weighted by atomic mass is 15.2. The van der Waals surface area contributed by atoms with E-state index in [2.05, 4.69) is 161 Å².